The van der Waals surface area contributed by atoms with Crippen LogP contribution in [0.25, 0.3) is 0 Å². The lowest BCUT2D eigenvalue weighted by Crippen LogP contribution is -2.60. The van der Waals surface area contributed by atoms with Crippen LogP contribution in [0.5, 0.6) is 5.75 Å². The van der Waals surface area contributed by atoms with Crippen molar-refractivity contribution in [1.29, 1.82) is 0 Å². The summed E-state index contributed by atoms with van der Waals surface area (Å²) in [5.41, 5.74) is -4.90. The maximum atomic E-state index is 12.6. The van der Waals surface area contributed by atoms with Gasteiger partial charge in [0.25, 0.3) is 5.60 Å². The molecule has 2 rings (SSSR count). The van der Waals surface area contributed by atoms with Gasteiger partial charge in [0.15, 0.2) is 4.90 Å². The number of hydrogen-bond acceptors (Lipinski definition) is 2. The second-order valence-corrected chi connectivity index (χ2v) is 7.85. The molecule has 0 unspecified atom stereocenters. The van der Waals surface area contributed by atoms with Crippen molar-refractivity contribution in [3.63, 3.8) is 0 Å². The molecule has 1 fully saturated rings. The van der Waals surface area contributed by atoms with E-state index in [1.807, 2.05) is 0 Å². The van der Waals surface area contributed by atoms with E-state index in [-0.39, 0.29) is 16.6 Å². The molecule has 24 heavy (non-hydrogen) atoms. The van der Waals surface area contributed by atoms with Gasteiger partial charge in [-0.05, 0) is 43.5 Å². The molecular weight excluding hydrogens is 358 g/mol. The van der Waals surface area contributed by atoms with E-state index in [2.05, 4.69) is 4.74 Å². The molecule has 0 aromatic heterocycles. The maximum Gasteiger partial charge on any atom is 0.429 e. The predicted octanol–water partition coefficient (Wildman–Crippen LogP) is 4.08. The molecule has 1 aromatic carbocycles. The minimum absolute atomic E-state index is 0.0696. The predicted molar refractivity (Wildman–Crippen MR) is 78.2 cm³/mol. The third-order valence-corrected chi connectivity index (χ3v) is 6.33. The first-order valence-electron chi connectivity index (χ1n) is 7.31. The molecular formula is C15H17F6O2S+. The van der Waals surface area contributed by atoms with Gasteiger partial charge in [0.1, 0.15) is 23.9 Å². The summed E-state index contributed by atoms with van der Waals surface area (Å²) in [7, 11) is 0.0696. The Morgan fingerprint density at radius 1 is 0.875 bits per heavy atom. The fraction of sp³-hybridized carbons (Fsp3) is 0.600. The van der Waals surface area contributed by atoms with Gasteiger partial charge in [0, 0.05) is 10.9 Å². The first kappa shape index (κ1) is 19.2. The molecule has 1 saturated heterocycles. The summed E-state index contributed by atoms with van der Waals surface area (Å²) >= 11 is 0. The Morgan fingerprint density at radius 3 is 1.83 bits per heavy atom. The molecule has 1 aromatic rings. The minimum atomic E-state index is -5.88. The maximum absolute atomic E-state index is 12.6. The molecule has 1 aliphatic heterocycles. The topological polar surface area (TPSA) is 29.5 Å². The Kier molecular flexibility index (Phi) is 5.64. The van der Waals surface area contributed by atoms with Crippen LogP contribution in [0.1, 0.15) is 19.3 Å². The van der Waals surface area contributed by atoms with Gasteiger partial charge >= 0.3 is 12.4 Å². The van der Waals surface area contributed by atoms with Crippen molar-refractivity contribution in [2.75, 3.05) is 18.1 Å². The molecule has 136 valence electrons. The monoisotopic (exact) mass is 375 g/mol. The molecule has 9 heteroatoms. The van der Waals surface area contributed by atoms with E-state index in [0.717, 1.165) is 29.2 Å². The molecule has 0 spiro atoms. The first-order chi connectivity index (χ1) is 11.0. The molecule has 0 aliphatic carbocycles. The van der Waals surface area contributed by atoms with Gasteiger partial charge in [-0.25, -0.2) is 0 Å². The number of aliphatic hydroxyl groups is 1. The first-order valence-corrected chi connectivity index (χ1v) is 8.87. The van der Waals surface area contributed by atoms with Gasteiger partial charge < -0.3 is 9.84 Å². The molecule has 0 saturated carbocycles. The van der Waals surface area contributed by atoms with Crippen LogP contribution in [0.15, 0.2) is 29.2 Å². The van der Waals surface area contributed by atoms with E-state index in [0.29, 0.717) is 0 Å². The highest BCUT2D eigenvalue weighted by atomic mass is 32.2. The van der Waals surface area contributed by atoms with Gasteiger partial charge in [-0.3, -0.25) is 0 Å². The number of ether oxygens (including phenoxy) is 1. The van der Waals surface area contributed by atoms with E-state index in [4.69, 9.17) is 5.11 Å². The van der Waals surface area contributed by atoms with Crippen LogP contribution in [-0.2, 0) is 10.9 Å². The molecule has 2 nitrogen and oxygen atoms in total. The average molecular weight is 375 g/mol. The van der Waals surface area contributed by atoms with Crippen LogP contribution in [0, 0.1) is 0 Å². The minimum Gasteiger partial charge on any atom is -0.490 e. The lowest BCUT2D eigenvalue weighted by Gasteiger charge is -2.31. The lowest BCUT2D eigenvalue weighted by atomic mass is 10.0. The van der Waals surface area contributed by atoms with Crippen LogP contribution >= 0.6 is 0 Å². The van der Waals surface area contributed by atoms with Crippen LogP contribution < -0.4 is 4.74 Å². The Hall–Kier alpha value is -1.09. The Morgan fingerprint density at radius 2 is 1.38 bits per heavy atom. The van der Waals surface area contributed by atoms with Gasteiger partial charge in [-0.1, -0.05) is 0 Å². The number of halogens is 6. The van der Waals surface area contributed by atoms with E-state index >= 15 is 0 Å². The second-order valence-electron chi connectivity index (χ2n) is 5.58. The average Bonchev–Trinajstić information content (AvgIpc) is 2.52. The summed E-state index contributed by atoms with van der Waals surface area (Å²) in [6, 6.07) is 5.99. The summed E-state index contributed by atoms with van der Waals surface area (Å²) in [6.45, 7) is -1.94. The summed E-state index contributed by atoms with van der Waals surface area (Å²) in [6.07, 6.45) is -8.35. The zero-order valence-electron chi connectivity index (χ0n) is 12.6. The Bertz CT molecular complexity index is 520. The van der Waals surface area contributed by atoms with Crippen molar-refractivity contribution in [2.45, 2.75) is 42.1 Å². The van der Waals surface area contributed by atoms with E-state index in [9.17, 15) is 26.3 Å². The van der Waals surface area contributed by atoms with Gasteiger partial charge in [0.2, 0.25) is 0 Å². The lowest BCUT2D eigenvalue weighted by molar-refractivity contribution is -0.373. The van der Waals surface area contributed by atoms with Crippen LogP contribution in [-0.4, -0.2) is 41.2 Å². The number of rotatable bonds is 4. The highest BCUT2D eigenvalue weighted by Crippen LogP contribution is 2.43. The number of alkyl halides is 6. The highest BCUT2D eigenvalue weighted by Gasteiger charge is 2.71. The summed E-state index contributed by atoms with van der Waals surface area (Å²) in [5.74, 6) is 1.94. The number of benzene rings is 1. The number of hydrogen-bond donors (Lipinski definition) is 1. The van der Waals surface area contributed by atoms with Crippen molar-refractivity contribution in [3.8, 4) is 5.75 Å². The van der Waals surface area contributed by atoms with Crippen molar-refractivity contribution in [1.82, 2.24) is 0 Å². The zero-order chi connectivity index (χ0) is 18.0. The highest BCUT2D eigenvalue weighted by molar-refractivity contribution is 7.96. The van der Waals surface area contributed by atoms with Gasteiger partial charge in [-0.2, -0.15) is 26.3 Å². The quantitative estimate of drug-likeness (QED) is 0.635. The van der Waals surface area contributed by atoms with Crippen molar-refractivity contribution >= 4 is 10.9 Å². The SMILES string of the molecule is OC(COc1ccc([S+]2CCCCC2)cc1)(C(F)(F)F)C(F)(F)F. The summed E-state index contributed by atoms with van der Waals surface area (Å²) in [4.78, 5) is 1.02. The summed E-state index contributed by atoms with van der Waals surface area (Å²) < 4.78 is 79.9. The zero-order valence-corrected chi connectivity index (χ0v) is 13.4. The largest absolute Gasteiger partial charge is 0.490 e. The second kappa shape index (κ2) is 7.03. The van der Waals surface area contributed by atoms with Gasteiger partial charge in [-0.15, -0.1) is 0 Å². The molecule has 1 N–H and O–H groups in total. The van der Waals surface area contributed by atoms with Gasteiger partial charge in [0.05, 0.1) is 0 Å². The molecule has 0 bridgehead atoms. The summed E-state index contributed by atoms with van der Waals surface area (Å²) in [5, 5.41) is 9.03. The fourth-order valence-electron chi connectivity index (χ4n) is 2.31. The van der Waals surface area contributed by atoms with Crippen LogP contribution in [0.2, 0.25) is 0 Å². The molecule has 1 aliphatic rings. The normalized spacial score (nSPS) is 17.8. The molecule has 1 heterocycles. The van der Waals surface area contributed by atoms with Crippen molar-refractivity contribution < 1.29 is 36.2 Å². The van der Waals surface area contributed by atoms with E-state index in [1.165, 1.54) is 18.6 Å². The van der Waals surface area contributed by atoms with E-state index in [1.54, 1.807) is 12.1 Å². The van der Waals surface area contributed by atoms with Crippen LogP contribution in [0.4, 0.5) is 26.3 Å². The Balaban J connectivity index is 2.05. The fourth-order valence-corrected chi connectivity index (χ4v) is 4.61. The van der Waals surface area contributed by atoms with Crippen molar-refractivity contribution in [2.24, 2.45) is 0 Å². The Labute approximate surface area is 138 Å². The van der Waals surface area contributed by atoms with Crippen LogP contribution in [0.3, 0.4) is 0 Å². The van der Waals surface area contributed by atoms with E-state index < -0.39 is 24.6 Å². The van der Waals surface area contributed by atoms with Crippen molar-refractivity contribution in [3.05, 3.63) is 24.3 Å². The third-order valence-electron chi connectivity index (χ3n) is 3.82. The standard InChI is InChI=1S/C15H17F6O2S/c16-14(17,18)13(22,15(19,20)21)10-23-11-4-6-12(7-5-11)24-8-2-1-3-9-24/h4-7,22H,1-3,8-10H2/q+1. The smallest absolute Gasteiger partial charge is 0.429 e. The molecule has 0 radical (unpaired) electrons. The molecule has 0 atom stereocenters. The third kappa shape index (κ3) is 4.11. The molecule has 0 amide bonds.